The van der Waals surface area contributed by atoms with Crippen LogP contribution in [-0.2, 0) is 0 Å². The summed E-state index contributed by atoms with van der Waals surface area (Å²) in [6.45, 7) is 14.5. The van der Waals surface area contributed by atoms with Gasteiger partial charge in [0, 0.05) is 19.1 Å². The third kappa shape index (κ3) is 3.67. The molecule has 1 heteroatoms. The average Bonchev–Trinajstić information content (AvgIpc) is 2.22. The van der Waals surface area contributed by atoms with Crippen LogP contribution in [0.5, 0.6) is 0 Å². The van der Waals surface area contributed by atoms with E-state index in [4.69, 9.17) is 0 Å². The lowest BCUT2D eigenvalue weighted by Gasteiger charge is -2.37. The number of hydrogen-bond acceptors (Lipinski definition) is 1. The molecule has 0 aromatic carbocycles. The highest BCUT2D eigenvalue weighted by Crippen LogP contribution is 2.22. The fourth-order valence-corrected chi connectivity index (χ4v) is 2.17. The minimum atomic E-state index is 0.703. The molecule has 84 valence electrons. The van der Waals surface area contributed by atoms with Gasteiger partial charge < -0.3 is 0 Å². The summed E-state index contributed by atoms with van der Waals surface area (Å²) in [5.74, 6) is 0.830. The Morgan fingerprint density at radius 3 is 2.67 bits per heavy atom. The van der Waals surface area contributed by atoms with Crippen LogP contribution in [-0.4, -0.2) is 24.0 Å². The highest BCUT2D eigenvalue weighted by molar-refractivity contribution is 5.22. The van der Waals surface area contributed by atoms with Crippen molar-refractivity contribution in [2.24, 2.45) is 5.92 Å². The second kappa shape index (κ2) is 5.92. The van der Waals surface area contributed by atoms with Crippen LogP contribution < -0.4 is 0 Å². The van der Waals surface area contributed by atoms with Gasteiger partial charge in [-0.2, -0.15) is 0 Å². The summed E-state index contributed by atoms with van der Waals surface area (Å²) in [5.41, 5.74) is 1.27. The van der Waals surface area contributed by atoms with Crippen LogP contribution in [0.15, 0.2) is 37.0 Å². The van der Waals surface area contributed by atoms with Gasteiger partial charge in [0.1, 0.15) is 0 Å². The second-order valence-corrected chi connectivity index (χ2v) is 4.64. The predicted octanol–water partition coefficient (Wildman–Crippen LogP) is 3.41. The van der Waals surface area contributed by atoms with Gasteiger partial charge in [-0.1, -0.05) is 38.3 Å². The second-order valence-electron chi connectivity index (χ2n) is 4.64. The van der Waals surface area contributed by atoms with Gasteiger partial charge in [-0.3, -0.25) is 4.90 Å². The number of rotatable bonds is 4. The van der Waals surface area contributed by atoms with E-state index in [0.717, 1.165) is 12.5 Å². The first kappa shape index (κ1) is 12.3. The number of piperidine rings is 1. The lowest BCUT2D eigenvalue weighted by molar-refractivity contribution is 0.137. The Hall–Kier alpha value is -0.820. The first-order valence-electron chi connectivity index (χ1n) is 5.85. The van der Waals surface area contributed by atoms with Crippen molar-refractivity contribution in [3.05, 3.63) is 37.0 Å². The Morgan fingerprint density at radius 1 is 1.33 bits per heavy atom. The van der Waals surface area contributed by atoms with Crippen molar-refractivity contribution in [2.75, 3.05) is 13.1 Å². The van der Waals surface area contributed by atoms with Crippen LogP contribution in [0.25, 0.3) is 0 Å². The van der Waals surface area contributed by atoms with Gasteiger partial charge in [0.05, 0.1) is 0 Å². The zero-order valence-electron chi connectivity index (χ0n) is 10.1. The molecule has 0 aromatic rings. The summed E-state index contributed by atoms with van der Waals surface area (Å²) in [5, 5.41) is 0. The quantitative estimate of drug-likeness (QED) is 0.636. The maximum Gasteiger partial charge on any atom is 0.0236 e. The zero-order valence-corrected chi connectivity index (χ0v) is 10.1. The highest BCUT2D eigenvalue weighted by atomic mass is 15.2. The summed E-state index contributed by atoms with van der Waals surface area (Å²) in [4.78, 5) is 2.55. The van der Waals surface area contributed by atoms with Gasteiger partial charge in [0.15, 0.2) is 0 Å². The van der Waals surface area contributed by atoms with Gasteiger partial charge in [0.25, 0.3) is 0 Å². The van der Waals surface area contributed by atoms with Crippen molar-refractivity contribution in [1.82, 2.24) is 4.90 Å². The molecule has 0 saturated carbocycles. The van der Waals surface area contributed by atoms with Crippen molar-refractivity contribution in [2.45, 2.75) is 32.7 Å². The average molecular weight is 205 g/mol. The van der Waals surface area contributed by atoms with Crippen LogP contribution in [0.3, 0.4) is 0 Å². The van der Waals surface area contributed by atoms with Crippen LogP contribution in [0.4, 0.5) is 0 Å². The molecule has 1 nitrogen and oxygen atoms in total. The molecule has 1 aliphatic rings. The van der Waals surface area contributed by atoms with Crippen LogP contribution in [0.1, 0.15) is 26.7 Å². The molecule has 0 spiro atoms. The lowest BCUT2D eigenvalue weighted by Crippen LogP contribution is -2.41. The Balaban J connectivity index is 2.58. The van der Waals surface area contributed by atoms with Crippen LogP contribution in [0, 0.1) is 5.92 Å². The molecule has 1 fully saturated rings. The molecule has 1 rings (SSSR count). The van der Waals surface area contributed by atoms with Gasteiger partial charge >= 0.3 is 0 Å². The summed E-state index contributed by atoms with van der Waals surface area (Å²) in [6.07, 6.45) is 8.52. The third-order valence-corrected chi connectivity index (χ3v) is 3.23. The summed E-state index contributed by atoms with van der Waals surface area (Å²) in [7, 11) is 0. The molecule has 0 aliphatic carbocycles. The van der Waals surface area contributed by atoms with E-state index >= 15 is 0 Å². The van der Waals surface area contributed by atoms with Crippen molar-refractivity contribution < 1.29 is 0 Å². The van der Waals surface area contributed by atoms with Crippen molar-refractivity contribution in [3.8, 4) is 0 Å². The topological polar surface area (TPSA) is 3.24 Å². The summed E-state index contributed by atoms with van der Waals surface area (Å²) >= 11 is 0. The molecule has 1 aliphatic heterocycles. The van der Waals surface area contributed by atoms with Crippen LogP contribution in [0.2, 0.25) is 0 Å². The van der Waals surface area contributed by atoms with Crippen LogP contribution >= 0.6 is 0 Å². The van der Waals surface area contributed by atoms with Crippen molar-refractivity contribution in [1.29, 1.82) is 0 Å². The Morgan fingerprint density at radius 2 is 2.07 bits per heavy atom. The van der Waals surface area contributed by atoms with E-state index in [1.807, 2.05) is 12.2 Å². The fraction of sp³-hybridized carbons (Fsp3) is 0.571. The largest absolute Gasteiger partial charge is 0.296 e. The van der Waals surface area contributed by atoms with Gasteiger partial charge in [-0.25, -0.2) is 0 Å². The third-order valence-electron chi connectivity index (χ3n) is 3.23. The maximum atomic E-state index is 3.85. The first-order valence-corrected chi connectivity index (χ1v) is 5.85. The molecule has 15 heavy (non-hydrogen) atoms. The van der Waals surface area contributed by atoms with Gasteiger partial charge in [-0.15, -0.1) is 0 Å². The Kier molecular flexibility index (Phi) is 4.83. The Labute approximate surface area is 94.2 Å². The zero-order chi connectivity index (χ0) is 11.3. The molecule has 2 atom stereocenters. The molecule has 1 heterocycles. The van der Waals surface area contributed by atoms with E-state index < -0.39 is 0 Å². The number of allylic oxidation sites excluding steroid dienone is 2. The lowest BCUT2D eigenvalue weighted by atomic mass is 9.94. The van der Waals surface area contributed by atoms with E-state index in [2.05, 4.69) is 38.0 Å². The molecule has 1 saturated heterocycles. The highest BCUT2D eigenvalue weighted by Gasteiger charge is 2.22. The number of nitrogens with zero attached hydrogens (tertiary/aromatic N) is 1. The van der Waals surface area contributed by atoms with Crippen molar-refractivity contribution >= 4 is 0 Å². The van der Waals surface area contributed by atoms with E-state index in [9.17, 15) is 0 Å². The van der Waals surface area contributed by atoms with Gasteiger partial charge in [-0.05, 0) is 31.3 Å². The minimum absolute atomic E-state index is 0.703. The molecule has 0 aromatic heterocycles. The predicted molar refractivity (Wildman–Crippen MR) is 67.9 cm³/mol. The molecule has 2 unspecified atom stereocenters. The van der Waals surface area contributed by atoms with E-state index in [0.29, 0.717) is 6.04 Å². The molecular formula is C14H23N. The molecule has 0 bridgehead atoms. The molecule has 0 N–H and O–H groups in total. The van der Waals surface area contributed by atoms with E-state index in [-0.39, 0.29) is 0 Å². The number of hydrogen-bond donors (Lipinski definition) is 0. The summed E-state index contributed by atoms with van der Waals surface area (Å²) < 4.78 is 0. The van der Waals surface area contributed by atoms with Gasteiger partial charge in [0.2, 0.25) is 0 Å². The standard InChI is InChI=1S/C14H23N/c1-5-7-14(6-2)11-15-10-12(3)8-9-13(15)4/h5-7,12-13H,1-2,8-11H2,3-4H3/b14-7+. The van der Waals surface area contributed by atoms with E-state index in [1.165, 1.54) is 25.0 Å². The SMILES string of the molecule is C=C/C=C(\C=C)CN1CC(C)CCC1C. The Bertz CT molecular complexity index is 252. The number of likely N-dealkylation sites (tertiary alicyclic amines) is 1. The minimum Gasteiger partial charge on any atom is -0.296 e. The normalized spacial score (nSPS) is 28.8. The maximum absolute atomic E-state index is 3.85. The van der Waals surface area contributed by atoms with Crippen molar-refractivity contribution in [3.63, 3.8) is 0 Å². The molecular weight excluding hydrogens is 182 g/mol. The summed E-state index contributed by atoms with van der Waals surface area (Å²) in [6, 6.07) is 0.703. The molecule has 0 amide bonds. The fourth-order valence-electron chi connectivity index (χ4n) is 2.17. The first-order chi connectivity index (χ1) is 7.17. The smallest absolute Gasteiger partial charge is 0.0236 e. The monoisotopic (exact) mass is 205 g/mol. The van der Waals surface area contributed by atoms with E-state index in [1.54, 1.807) is 0 Å². The molecule has 0 radical (unpaired) electrons.